The Bertz CT molecular complexity index is 529. The third-order valence-electron chi connectivity index (χ3n) is 2.81. The summed E-state index contributed by atoms with van der Waals surface area (Å²) in [5, 5.41) is 2.82. The van der Waals surface area contributed by atoms with Gasteiger partial charge in [0.1, 0.15) is 12.4 Å². The molecule has 2 aromatic rings. The summed E-state index contributed by atoms with van der Waals surface area (Å²) in [4.78, 5) is 13.5. The van der Waals surface area contributed by atoms with Gasteiger partial charge in [-0.3, -0.25) is 0 Å². The van der Waals surface area contributed by atoms with Crippen molar-refractivity contribution in [2.45, 2.75) is 0 Å². The summed E-state index contributed by atoms with van der Waals surface area (Å²) in [6.07, 6.45) is 0. The van der Waals surface area contributed by atoms with Gasteiger partial charge in [0.2, 0.25) is 0 Å². The van der Waals surface area contributed by atoms with Crippen LogP contribution < -0.4 is 10.1 Å². The van der Waals surface area contributed by atoms with Crippen LogP contribution >= 0.6 is 0 Å². The highest BCUT2D eigenvalue weighted by Crippen LogP contribution is 2.08. The molecule has 0 aliphatic heterocycles. The highest BCUT2D eigenvalue weighted by molar-refractivity contribution is 5.89. The van der Waals surface area contributed by atoms with Crippen LogP contribution in [0.25, 0.3) is 0 Å². The first-order chi connectivity index (χ1) is 9.75. The average molecular weight is 270 g/mol. The fraction of sp³-hybridized carbons (Fsp3) is 0.188. The van der Waals surface area contributed by atoms with Crippen LogP contribution in [0.5, 0.6) is 5.75 Å². The molecular weight excluding hydrogens is 252 g/mol. The van der Waals surface area contributed by atoms with Crippen molar-refractivity contribution in [3.8, 4) is 5.75 Å². The molecule has 0 aromatic heterocycles. The molecule has 2 amide bonds. The maximum absolute atomic E-state index is 11.9. The SMILES string of the molecule is CN(CCOc1ccccc1)C(=O)Nc1ccccc1. The first-order valence-electron chi connectivity index (χ1n) is 6.51. The van der Waals surface area contributed by atoms with E-state index in [2.05, 4.69) is 5.32 Å². The second-order valence-corrected chi connectivity index (χ2v) is 4.38. The molecule has 0 heterocycles. The molecule has 0 saturated carbocycles. The number of likely N-dealkylation sites (N-methyl/N-ethyl adjacent to an activating group) is 1. The number of rotatable bonds is 5. The van der Waals surface area contributed by atoms with Gasteiger partial charge in [-0.1, -0.05) is 36.4 Å². The van der Waals surface area contributed by atoms with E-state index in [1.165, 1.54) is 0 Å². The van der Waals surface area contributed by atoms with Gasteiger partial charge in [-0.05, 0) is 24.3 Å². The Hall–Kier alpha value is -2.49. The highest BCUT2D eigenvalue weighted by atomic mass is 16.5. The molecule has 0 radical (unpaired) electrons. The largest absolute Gasteiger partial charge is 0.492 e. The summed E-state index contributed by atoms with van der Waals surface area (Å²) >= 11 is 0. The maximum Gasteiger partial charge on any atom is 0.321 e. The van der Waals surface area contributed by atoms with Crippen LogP contribution in [0.15, 0.2) is 60.7 Å². The third-order valence-corrected chi connectivity index (χ3v) is 2.81. The van der Waals surface area contributed by atoms with Crippen LogP contribution in [-0.2, 0) is 0 Å². The second kappa shape index (κ2) is 7.19. The minimum absolute atomic E-state index is 0.145. The Kier molecular flexibility index (Phi) is 5.00. The van der Waals surface area contributed by atoms with E-state index in [-0.39, 0.29) is 6.03 Å². The lowest BCUT2D eigenvalue weighted by atomic mass is 10.3. The molecule has 4 heteroatoms. The van der Waals surface area contributed by atoms with Crippen LogP contribution in [-0.4, -0.2) is 31.1 Å². The molecular formula is C16H18N2O2. The number of urea groups is 1. The summed E-state index contributed by atoms with van der Waals surface area (Å²) in [7, 11) is 1.74. The van der Waals surface area contributed by atoms with Crippen LogP contribution in [0.4, 0.5) is 10.5 Å². The van der Waals surface area contributed by atoms with Crippen molar-refractivity contribution in [3.63, 3.8) is 0 Å². The molecule has 0 atom stereocenters. The summed E-state index contributed by atoms with van der Waals surface area (Å²) in [5.74, 6) is 0.810. The molecule has 104 valence electrons. The zero-order valence-corrected chi connectivity index (χ0v) is 11.5. The van der Waals surface area contributed by atoms with Crippen LogP contribution in [0, 0.1) is 0 Å². The van der Waals surface area contributed by atoms with Gasteiger partial charge in [0.25, 0.3) is 0 Å². The quantitative estimate of drug-likeness (QED) is 0.906. The van der Waals surface area contributed by atoms with E-state index in [1.807, 2.05) is 60.7 Å². The summed E-state index contributed by atoms with van der Waals surface area (Å²) in [6, 6.07) is 18.8. The molecule has 2 aromatic carbocycles. The van der Waals surface area contributed by atoms with Crippen LogP contribution in [0.2, 0.25) is 0 Å². The predicted molar refractivity (Wildman–Crippen MR) is 80.0 cm³/mol. The van der Waals surface area contributed by atoms with Gasteiger partial charge in [-0.15, -0.1) is 0 Å². The van der Waals surface area contributed by atoms with Crippen molar-refractivity contribution in [3.05, 3.63) is 60.7 Å². The standard InChI is InChI=1S/C16H18N2O2/c1-18(12-13-20-15-10-6-3-7-11-15)16(19)17-14-8-4-2-5-9-14/h2-11H,12-13H2,1H3,(H,17,19). The molecule has 0 spiro atoms. The molecule has 2 rings (SSSR count). The second-order valence-electron chi connectivity index (χ2n) is 4.38. The lowest BCUT2D eigenvalue weighted by Crippen LogP contribution is -2.34. The van der Waals surface area contributed by atoms with Gasteiger partial charge in [-0.2, -0.15) is 0 Å². The van der Waals surface area contributed by atoms with Crippen LogP contribution in [0.1, 0.15) is 0 Å². The van der Waals surface area contributed by atoms with E-state index < -0.39 is 0 Å². The van der Waals surface area contributed by atoms with E-state index >= 15 is 0 Å². The topological polar surface area (TPSA) is 41.6 Å². The Morgan fingerprint density at radius 1 is 1.05 bits per heavy atom. The smallest absolute Gasteiger partial charge is 0.321 e. The fourth-order valence-electron chi connectivity index (χ4n) is 1.66. The lowest BCUT2D eigenvalue weighted by molar-refractivity contribution is 0.207. The Labute approximate surface area is 119 Å². The molecule has 4 nitrogen and oxygen atoms in total. The predicted octanol–water partition coefficient (Wildman–Crippen LogP) is 3.23. The molecule has 0 fully saturated rings. The van der Waals surface area contributed by atoms with Gasteiger partial charge in [-0.25, -0.2) is 4.79 Å². The number of amides is 2. The number of para-hydroxylation sites is 2. The van der Waals surface area contributed by atoms with E-state index in [0.717, 1.165) is 11.4 Å². The Morgan fingerprint density at radius 2 is 1.65 bits per heavy atom. The number of hydrogen-bond acceptors (Lipinski definition) is 2. The first-order valence-corrected chi connectivity index (χ1v) is 6.51. The molecule has 0 aliphatic rings. The number of carbonyl (C=O) groups is 1. The van der Waals surface area contributed by atoms with Gasteiger partial charge in [0.15, 0.2) is 0 Å². The molecule has 0 unspecified atom stereocenters. The maximum atomic E-state index is 11.9. The number of nitrogens with zero attached hydrogens (tertiary/aromatic N) is 1. The van der Waals surface area contributed by atoms with Gasteiger partial charge in [0.05, 0.1) is 6.54 Å². The van der Waals surface area contributed by atoms with Crippen LogP contribution in [0.3, 0.4) is 0 Å². The van der Waals surface area contributed by atoms with E-state index in [4.69, 9.17) is 4.74 Å². The summed E-state index contributed by atoms with van der Waals surface area (Å²) in [6.45, 7) is 0.982. The summed E-state index contributed by atoms with van der Waals surface area (Å²) in [5.41, 5.74) is 0.785. The zero-order valence-electron chi connectivity index (χ0n) is 11.5. The van der Waals surface area contributed by atoms with Crippen molar-refractivity contribution < 1.29 is 9.53 Å². The van der Waals surface area contributed by atoms with E-state index in [0.29, 0.717) is 13.2 Å². The normalized spacial score (nSPS) is 9.85. The molecule has 20 heavy (non-hydrogen) atoms. The van der Waals surface area contributed by atoms with Gasteiger partial charge < -0.3 is 15.0 Å². The lowest BCUT2D eigenvalue weighted by Gasteiger charge is -2.18. The number of nitrogens with one attached hydrogen (secondary N) is 1. The highest BCUT2D eigenvalue weighted by Gasteiger charge is 2.08. The van der Waals surface area contributed by atoms with E-state index in [1.54, 1.807) is 11.9 Å². The van der Waals surface area contributed by atoms with Gasteiger partial charge >= 0.3 is 6.03 Å². The Morgan fingerprint density at radius 3 is 2.30 bits per heavy atom. The minimum Gasteiger partial charge on any atom is -0.492 e. The number of benzene rings is 2. The number of anilines is 1. The summed E-state index contributed by atoms with van der Waals surface area (Å²) < 4.78 is 5.56. The Balaban J connectivity index is 1.74. The van der Waals surface area contributed by atoms with Gasteiger partial charge in [0, 0.05) is 12.7 Å². The molecule has 1 N–H and O–H groups in total. The van der Waals surface area contributed by atoms with Crippen molar-refractivity contribution >= 4 is 11.7 Å². The number of ether oxygens (including phenoxy) is 1. The molecule has 0 aliphatic carbocycles. The van der Waals surface area contributed by atoms with Crippen molar-refractivity contribution in [2.75, 3.05) is 25.5 Å². The minimum atomic E-state index is -0.145. The van der Waals surface area contributed by atoms with Crippen molar-refractivity contribution in [1.82, 2.24) is 4.90 Å². The fourth-order valence-corrected chi connectivity index (χ4v) is 1.66. The molecule has 0 saturated heterocycles. The number of carbonyl (C=O) groups excluding carboxylic acids is 1. The van der Waals surface area contributed by atoms with Crippen molar-refractivity contribution in [2.24, 2.45) is 0 Å². The average Bonchev–Trinajstić information content (AvgIpc) is 2.49. The number of hydrogen-bond donors (Lipinski definition) is 1. The van der Waals surface area contributed by atoms with E-state index in [9.17, 15) is 4.79 Å². The van der Waals surface area contributed by atoms with Crippen molar-refractivity contribution in [1.29, 1.82) is 0 Å². The third kappa shape index (κ3) is 4.31. The first kappa shape index (κ1) is 13.9. The monoisotopic (exact) mass is 270 g/mol. The molecule has 0 bridgehead atoms. The zero-order chi connectivity index (χ0) is 14.2.